The molecule has 0 radical (unpaired) electrons. The molecule has 126 heavy (non-hydrogen) atoms. The van der Waals surface area contributed by atoms with E-state index in [2.05, 4.69) is 59.6 Å². The first-order valence-electron chi connectivity index (χ1n) is 40.5. The van der Waals surface area contributed by atoms with E-state index >= 15 is 17.6 Å². The maximum atomic E-state index is 16.0. The van der Waals surface area contributed by atoms with Gasteiger partial charge in [0, 0.05) is 110 Å². The number of anilines is 3. The van der Waals surface area contributed by atoms with E-state index in [1.165, 1.54) is 116 Å². The van der Waals surface area contributed by atoms with Crippen LogP contribution in [0.25, 0.3) is 83.9 Å². The zero-order valence-corrected chi connectivity index (χ0v) is 73.9. The average Bonchev–Trinajstić information content (AvgIpc) is 0.740. The molecule has 3 amide bonds. The van der Waals surface area contributed by atoms with Crippen LogP contribution >= 0.6 is 35.3 Å². The van der Waals surface area contributed by atoms with Gasteiger partial charge < -0.3 is 39.6 Å². The number of phenolic OH excluding ortho intramolecular Hbond substituents is 2. The maximum Gasteiger partial charge on any atom is 0.355 e. The number of phenols is 2. The van der Waals surface area contributed by atoms with Gasteiger partial charge in [0.2, 0.25) is 17.7 Å². The van der Waals surface area contributed by atoms with Crippen LogP contribution in [0.5, 0.6) is 11.5 Å². The average molecular weight is 1780 g/mol. The molecule has 12 aromatic rings. The Labute approximate surface area is 734 Å². The topological polar surface area (TPSA) is 293 Å². The molecule has 0 aliphatic carbocycles. The molecule has 0 unspecified atom stereocenters. The number of nitrogens with zero attached hydrogens (tertiary/aromatic N) is 18. The Kier molecular flexibility index (Phi) is 27.4. The number of fused-ring (bicyclic) bond motifs is 3. The Morgan fingerprint density at radius 3 is 1.02 bits per heavy atom. The summed E-state index contributed by atoms with van der Waals surface area (Å²) in [6.45, 7) is 33.0. The standard InChI is InChI=1S/C31H32F2N6O2S.2C30H30F2N6O3S/c1-7-24(40)37-13-14-38(19(5)16-37)29-20-15-22(33)27(25-21(32)9-8-10-23(25)42-6)35-30(20)39(31(41)36-29)28-18(4)11-12-34-26(28)17(2)3;2*1-6-23(40)36-12-13-37(17(4)15-36)28-18-14-20(32)26(24-19(31)8-7-9-21(24)39)34-29(18)38(30(41)35-28)27-22(42-5)10-11-33-25(27)16(2)3/h7-12,15,17,19H,1,13-14,16H2,2-6H3;2*6-11,14,16-17,39H,1,12-13,15H2,2-5H3/t19-;2*17-/m000/s1. The summed E-state index contributed by atoms with van der Waals surface area (Å²) in [7, 11) is 0. The van der Waals surface area contributed by atoms with Crippen molar-refractivity contribution in [2.75, 3.05) is 92.4 Å². The third-order valence-corrected chi connectivity index (χ3v) is 24.5. The van der Waals surface area contributed by atoms with E-state index in [0.717, 1.165) is 27.5 Å². The van der Waals surface area contributed by atoms with Crippen molar-refractivity contribution in [3.63, 3.8) is 0 Å². The van der Waals surface area contributed by atoms with Gasteiger partial charge in [0.25, 0.3) is 0 Å². The normalized spacial score (nSPS) is 15.5. The highest BCUT2D eigenvalue weighted by atomic mass is 32.2. The number of amides is 3. The van der Waals surface area contributed by atoms with Crippen molar-refractivity contribution < 1.29 is 50.9 Å². The highest BCUT2D eigenvalue weighted by Crippen LogP contribution is 2.43. The molecule has 3 saturated heterocycles. The van der Waals surface area contributed by atoms with Crippen LogP contribution < -0.4 is 31.8 Å². The van der Waals surface area contributed by atoms with Crippen LogP contribution in [0, 0.1) is 41.8 Å². The third-order valence-electron chi connectivity index (χ3n) is 22.2. The predicted octanol–water partition coefficient (Wildman–Crippen LogP) is 15.3. The van der Waals surface area contributed by atoms with Crippen LogP contribution in [-0.4, -0.2) is 197 Å². The molecule has 3 aliphatic rings. The number of benzene rings is 3. The number of aryl methyl sites for hydroxylation is 1. The van der Waals surface area contributed by atoms with E-state index in [1.54, 1.807) is 69.9 Å². The largest absolute Gasteiger partial charge is 0.507 e. The highest BCUT2D eigenvalue weighted by Gasteiger charge is 2.37. The van der Waals surface area contributed by atoms with Crippen molar-refractivity contribution >= 4 is 104 Å². The minimum Gasteiger partial charge on any atom is -0.507 e. The molecule has 9 aromatic heterocycles. The number of hydrogen-bond acceptors (Lipinski definition) is 23. The molecule has 654 valence electrons. The monoisotopic (exact) mass is 1770 g/mol. The van der Waals surface area contributed by atoms with Gasteiger partial charge in [-0.15, -0.1) is 35.3 Å². The molecule has 3 fully saturated rings. The van der Waals surface area contributed by atoms with Gasteiger partial charge in [0.15, 0.2) is 34.4 Å². The van der Waals surface area contributed by atoms with E-state index in [1.807, 2.05) is 96.4 Å². The summed E-state index contributed by atoms with van der Waals surface area (Å²) in [6.07, 6.45) is 14.3. The lowest BCUT2D eigenvalue weighted by molar-refractivity contribution is -0.127. The van der Waals surface area contributed by atoms with Crippen LogP contribution in [0.2, 0.25) is 0 Å². The number of thioether (sulfide) groups is 3. The molecule has 15 rings (SSSR count). The summed E-state index contributed by atoms with van der Waals surface area (Å²) in [5.74, 6) is -6.07. The minimum absolute atomic E-state index is 0.0265. The predicted molar refractivity (Wildman–Crippen MR) is 481 cm³/mol. The molecule has 12 heterocycles. The van der Waals surface area contributed by atoms with Gasteiger partial charge in [0.1, 0.15) is 63.5 Å². The first kappa shape index (κ1) is 91.0. The molecule has 3 aliphatic heterocycles. The Morgan fingerprint density at radius 2 is 0.714 bits per heavy atom. The Balaban J connectivity index is 0.000000162. The fourth-order valence-corrected chi connectivity index (χ4v) is 17.9. The summed E-state index contributed by atoms with van der Waals surface area (Å²) >= 11 is 4.08. The van der Waals surface area contributed by atoms with E-state index in [-0.39, 0.29) is 110 Å². The van der Waals surface area contributed by atoms with Crippen molar-refractivity contribution in [1.82, 2.24) is 73.3 Å². The number of piperazine rings is 3. The van der Waals surface area contributed by atoms with Crippen LogP contribution in [0.3, 0.4) is 0 Å². The van der Waals surface area contributed by atoms with Crippen molar-refractivity contribution in [3.8, 4) is 62.3 Å². The number of pyridine rings is 6. The fraction of sp³-hybridized carbons (Fsp3) is 0.308. The van der Waals surface area contributed by atoms with Crippen LogP contribution in [0.4, 0.5) is 43.8 Å². The highest BCUT2D eigenvalue weighted by molar-refractivity contribution is 7.99. The zero-order chi connectivity index (χ0) is 90.9. The molecule has 0 saturated carbocycles. The number of rotatable bonds is 18. The Bertz CT molecular complexity index is 6260. The van der Waals surface area contributed by atoms with Crippen LogP contribution in [-0.2, 0) is 14.4 Å². The molecule has 0 bridgehead atoms. The van der Waals surface area contributed by atoms with Gasteiger partial charge in [-0.1, -0.05) is 79.5 Å². The first-order chi connectivity index (χ1) is 60.2. The number of halogens is 6. The summed E-state index contributed by atoms with van der Waals surface area (Å²) in [5.41, 5.74) is 0.382. The van der Waals surface area contributed by atoms with Gasteiger partial charge in [0.05, 0.1) is 67.0 Å². The van der Waals surface area contributed by atoms with Gasteiger partial charge in [-0.3, -0.25) is 29.3 Å². The number of carbonyl (C=O) groups is 3. The van der Waals surface area contributed by atoms with E-state index < -0.39 is 86.0 Å². The van der Waals surface area contributed by atoms with Gasteiger partial charge in [-0.2, -0.15) is 15.0 Å². The number of aromatic nitrogens is 12. The van der Waals surface area contributed by atoms with Gasteiger partial charge in [-0.05, 0) is 161 Å². The third kappa shape index (κ3) is 17.5. The lowest BCUT2D eigenvalue weighted by atomic mass is 10.0. The first-order valence-corrected chi connectivity index (χ1v) is 44.1. The van der Waals surface area contributed by atoms with E-state index in [9.17, 15) is 47.8 Å². The van der Waals surface area contributed by atoms with Gasteiger partial charge in [-0.25, -0.2) is 69.4 Å². The molecule has 2 N–H and O–H groups in total. The fourth-order valence-electron chi connectivity index (χ4n) is 16.1. The molecule has 0 spiro atoms. The smallest absolute Gasteiger partial charge is 0.355 e. The maximum absolute atomic E-state index is 16.0. The zero-order valence-electron chi connectivity index (χ0n) is 71.5. The van der Waals surface area contributed by atoms with Crippen molar-refractivity contribution in [3.05, 3.63) is 237 Å². The lowest BCUT2D eigenvalue weighted by Crippen LogP contribution is -2.54. The second-order valence-corrected chi connectivity index (χ2v) is 33.8. The lowest BCUT2D eigenvalue weighted by Gasteiger charge is -2.40. The molecule has 3 atom stereocenters. The molecular formula is C91H92F6N18O8S3. The SMILES string of the molecule is C=CC(=O)N1CCN(c2nc(=O)n(-c3c(C)ccnc3C(C)C)c3nc(-c4c(F)cccc4SC)c(F)cc23)[C@@H](C)C1.C=CC(=O)N1CCN(c2nc(=O)n(-c3c(SC)ccnc3C(C)C)c3nc(-c4c(O)cccc4F)c(F)cc23)[C@@H](C)C1.C=CC(=O)N1CCN(c2nc(=O)n(-c3c(SC)ccnc3C(C)C)c3nc(-c4c(O)cccc4F)c(F)cc23)[C@@H](C)C1. The summed E-state index contributed by atoms with van der Waals surface area (Å²) in [5, 5.41) is 21.7. The van der Waals surface area contributed by atoms with Gasteiger partial charge >= 0.3 is 17.1 Å². The molecule has 3 aromatic carbocycles. The van der Waals surface area contributed by atoms with Crippen LogP contribution in [0.15, 0.2) is 177 Å². The van der Waals surface area contributed by atoms with Crippen molar-refractivity contribution in [2.24, 2.45) is 0 Å². The van der Waals surface area contributed by atoms with Crippen molar-refractivity contribution in [2.45, 2.75) is 120 Å². The molecule has 26 nitrogen and oxygen atoms in total. The number of hydrogen-bond donors (Lipinski definition) is 2. The Hall–Kier alpha value is -12.8. The number of carbonyl (C=O) groups excluding carboxylic acids is 3. The second kappa shape index (κ2) is 38.0. The summed E-state index contributed by atoms with van der Waals surface area (Å²) in [6, 6.07) is 20.0. The minimum atomic E-state index is -0.898. The molecule has 35 heteroatoms. The van der Waals surface area contributed by atoms with Crippen LogP contribution in [0.1, 0.15) is 103 Å². The summed E-state index contributed by atoms with van der Waals surface area (Å²) in [4.78, 5) is 132. The second-order valence-electron chi connectivity index (χ2n) is 31.2. The van der Waals surface area contributed by atoms with E-state index in [0.29, 0.717) is 103 Å². The Morgan fingerprint density at radius 1 is 0.413 bits per heavy atom. The van der Waals surface area contributed by atoms with E-state index in [4.69, 9.17) is 4.98 Å². The van der Waals surface area contributed by atoms with Crippen molar-refractivity contribution in [1.29, 1.82) is 0 Å². The number of aromatic hydroxyl groups is 2. The molecular weight excluding hydrogens is 1680 g/mol. The summed E-state index contributed by atoms with van der Waals surface area (Å²) < 4.78 is 96.8. The quantitative estimate of drug-likeness (QED) is 0.0458.